The fourth-order valence-corrected chi connectivity index (χ4v) is 3.24. The van der Waals surface area contributed by atoms with Crippen molar-refractivity contribution in [2.75, 3.05) is 5.73 Å². The summed E-state index contributed by atoms with van der Waals surface area (Å²) in [4.78, 5) is 16.9. The third-order valence-electron chi connectivity index (χ3n) is 4.59. The van der Waals surface area contributed by atoms with Crippen LogP contribution in [0.2, 0.25) is 0 Å². The van der Waals surface area contributed by atoms with Crippen molar-refractivity contribution in [1.29, 1.82) is 0 Å². The van der Waals surface area contributed by atoms with Gasteiger partial charge in [0, 0.05) is 23.2 Å². The Hall–Kier alpha value is -2.94. The van der Waals surface area contributed by atoms with Crippen LogP contribution in [0.25, 0.3) is 11.1 Å². The van der Waals surface area contributed by atoms with E-state index in [4.69, 9.17) is 5.73 Å². The van der Waals surface area contributed by atoms with E-state index >= 15 is 0 Å². The lowest BCUT2D eigenvalue weighted by molar-refractivity contribution is 0.0964. The van der Waals surface area contributed by atoms with Gasteiger partial charge >= 0.3 is 0 Å². The summed E-state index contributed by atoms with van der Waals surface area (Å²) in [7, 11) is 0. The zero-order chi connectivity index (χ0) is 18.5. The van der Waals surface area contributed by atoms with E-state index in [0.717, 1.165) is 28.8 Å². The first-order chi connectivity index (χ1) is 12.5. The van der Waals surface area contributed by atoms with Gasteiger partial charge in [-0.15, -0.1) is 0 Å². The number of carbonyl (C=O) groups is 1. The van der Waals surface area contributed by atoms with Crippen molar-refractivity contribution < 1.29 is 4.79 Å². The van der Waals surface area contributed by atoms with Crippen LogP contribution in [0.5, 0.6) is 0 Å². The van der Waals surface area contributed by atoms with Crippen LogP contribution < -0.4 is 5.73 Å². The number of aryl methyl sites for hydroxylation is 1. The molecule has 0 aliphatic carbocycles. The van der Waals surface area contributed by atoms with E-state index in [1.807, 2.05) is 55.5 Å². The zero-order valence-corrected chi connectivity index (χ0v) is 15.3. The van der Waals surface area contributed by atoms with Crippen molar-refractivity contribution in [1.82, 2.24) is 4.98 Å². The number of nitrogen functional groups attached to an aromatic ring is 1. The summed E-state index contributed by atoms with van der Waals surface area (Å²) in [5, 5.41) is 0. The van der Waals surface area contributed by atoms with E-state index in [0.29, 0.717) is 18.2 Å². The normalized spacial score (nSPS) is 11.9. The van der Waals surface area contributed by atoms with Gasteiger partial charge in [-0.2, -0.15) is 0 Å². The number of carbonyl (C=O) groups excluding carboxylic acids is 1. The SMILES string of the molecule is Cc1nc(N)ccc1-c1ccc(C(=O)CC(C)Cc2ccccc2)cc1. The van der Waals surface area contributed by atoms with E-state index in [1.54, 1.807) is 6.07 Å². The Morgan fingerprint density at radius 3 is 2.35 bits per heavy atom. The van der Waals surface area contributed by atoms with Crippen LogP contribution in [-0.2, 0) is 6.42 Å². The van der Waals surface area contributed by atoms with Gasteiger partial charge in [0.1, 0.15) is 5.82 Å². The maximum absolute atomic E-state index is 12.6. The van der Waals surface area contributed by atoms with Crippen LogP contribution in [0.4, 0.5) is 5.82 Å². The number of hydrogen-bond donors (Lipinski definition) is 1. The Balaban J connectivity index is 1.67. The minimum atomic E-state index is 0.187. The predicted octanol–water partition coefficient (Wildman–Crippen LogP) is 5.09. The van der Waals surface area contributed by atoms with Crippen molar-refractivity contribution in [3.8, 4) is 11.1 Å². The average molecular weight is 344 g/mol. The quantitative estimate of drug-likeness (QED) is 0.634. The van der Waals surface area contributed by atoms with Gasteiger partial charge in [0.05, 0.1) is 0 Å². The Labute approximate surface area is 154 Å². The first-order valence-electron chi connectivity index (χ1n) is 8.93. The molecule has 1 aromatic heterocycles. The number of nitrogens with two attached hydrogens (primary N) is 1. The third kappa shape index (κ3) is 4.37. The highest BCUT2D eigenvalue weighted by Gasteiger charge is 2.13. The lowest BCUT2D eigenvalue weighted by atomic mass is 9.93. The number of anilines is 1. The summed E-state index contributed by atoms with van der Waals surface area (Å²) < 4.78 is 0. The largest absolute Gasteiger partial charge is 0.384 e. The summed E-state index contributed by atoms with van der Waals surface area (Å²) in [5.74, 6) is 1.02. The highest BCUT2D eigenvalue weighted by molar-refractivity contribution is 5.96. The van der Waals surface area contributed by atoms with Crippen molar-refractivity contribution >= 4 is 11.6 Å². The summed E-state index contributed by atoms with van der Waals surface area (Å²) >= 11 is 0. The van der Waals surface area contributed by atoms with Crippen LogP contribution in [-0.4, -0.2) is 10.8 Å². The Kier molecular flexibility index (Phi) is 5.47. The fourth-order valence-electron chi connectivity index (χ4n) is 3.24. The molecule has 2 N–H and O–H groups in total. The van der Waals surface area contributed by atoms with Crippen molar-refractivity contribution in [3.05, 3.63) is 83.6 Å². The molecule has 132 valence electrons. The molecule has 0 spiro atoms. The highest BCUT2D eigenvalue weighted by Crippen LogP contribution is 2.24. The molecule has 0 saturated carbocycles. The number of aromatic nitrogens is 1. The van der Waals surface area contributed by atoms with Crippen LogP contribution in [0.1, 0.15) is 35.0 Å². The van der Waals surface area contributed by atoms with Gasteiger partial charge in [0.25, 0.3) is 0 Å². The monoisotopic (exact) mass is 344 g/mol. The number of Topliss-reactive ketones (excluding diaryl/α,β-unsaturated/α-hetero) is 1. The van der Waals surface area contributed by atoms with E-state index in [1.165, 1.54) is 5.56 Å². The minimum Gasteiger partial charge on any atom is -0.384 e. The van der Waals surface area contributed by atoms with Crippen LogP contribution in [0.15, 0.2) is 66.7 Å². The number of ketones is 1. The van der Waals surface area contributed by atoms with Crippen molar-refractivity contribution in [2.24, 2.45) is 5.92 Å². The number of pyridine rings is 1. The average Bonchev–Trinajstić information content (AvgIpc) is 2.62. The fraction of sp³-hybridized carbons (Fsp3) is 0.217. The molecule has 3 aromatic rings. The summed E-state index contributed by atoms with van der Waals surface area (Å²) in [6.07, 6.45) is 1.47. The molecule has 1 atom stereocenters. The van der Waals surface area contributed by atoms with Crippen LogP contribution >= 0.6 is 0 Å². The second-order valence-corrected chi connectivity index (χ2v) is 6.87. The van der Waals surface area contributed by atoms with Crippen LogP contribution in [0, 0.1) is 12.8 Å². The maximum atomic E-state index is 12.6. The summed E-state index contributed by atoms with van der Waals surface area (Å²) in [5.41, 5.74) is 10.7. The number of hydrogen-bond acceptors (Lipinski definition) is 3. The van der Waals surface area contributed by atoms with Crippen LogP contribution in [0.3, 0.4) is 0 Å². The molecular formula is C23H24N2O. The van der Waals surface area contributed by atoms with E-state index in [2.05, 4.69) is 24.0 Å². The Morgan fingerprint density at radius 1 is 1.00 bits per heavy atom. The second-order valence-electron chi connectivity index (χ2n) is 6.87. The molecule has 0 fully saturated rings. The molecule has 3 rings (SSSR count). The molecular weight excluding hydrogens is 320 g/mol. The van der Waals surface area contributed by atoms with Gasteiger partial charge in [0.15, 0.2) is 5.78 Å². The lowest BCUT2D eigenvalue weighted by Crippen LogP contribution is -2.08. The van der Waals surface area contributed by atoms with Gasteiger partial charge in [0.2, 0.25) is 0 Å². The Morgan fingerprint density at radius 2 is 1.69 bits per heavy atom. The van der Waals surface area contributed by atoms with Gasteiger partial charge in [-0.25, -0.2) is 4.98 Å². The first kappa shape index (κ1) is 17.9. The molecule has 1 heterocycles. The molecule has 3 nitrogen and oxygen atoms in total. The topological polar surface area (TPSA) is 56.0 Å². The summed E-state index contributed by atoms with van der Waals surface area (Å²) in [6, 6.07) is 21.9. The molecule has 0 bridgehead atoms. The van der Waals surface area contributed by atoms with E-state index in [9.17, 15) is 4.79 Å². The molecule has 0 amide bonds. The molecule has 2 aromatic carbocycles. The predicted molar refractivity (Wildman–Crippen MR) is 107 cm³/mol. The lowest BCUT2D eigenvalue weighted by Gasteiger charge is -2.11. The van der Waals surface area contributed by atoms with Gasteiger partial charge < -0.3 is 5.73 Å². The molecule has 1 unspecified atom stereocenters. The highest BCUT2D eigenvalue weighted by atomic mass is 16.1. The van der Waals surface area contributed by atoms with E-state index in [-0.39, 0.29) is 5.78 Å². The van der Waals surface area contributed by atoms with Crippen molar-refractivity contribution in [2.45, 2.75) is 26.7 Å². The third-order valence-corrected chi connectivity index (χ3v) is 4.59. The maximum Gasteiger partial charge on any atom is 0.163 e. The Bertz CT molecular complexity index is 886. The minimum absolute atomic E-state index is 0.187. The first-order valence-corrected chi connectivity index (χ1v) is 8.93. The zero-order valence-electron chi connectivity index (χ0n) is 15.3. The molecule has 0 aliphatic rings. The van der Waals surface area contributed by atoms with Gasteiger partial charge in [-0.1, -0.05) is 61.5 Å². The molecule has 0 radical (unpaired) electrons. The molecule has 0 aliphatic heterocycles. The smallest absolute Gasteiger partial charge is 0.163 e. The second kappa shape index (κ2) is 7.96. The number of nitrogens with zero attached hydrogens (tertiary/aromatic N) is 1. The molecule has 0 saturated heterocycles. The van der Waals surface area contributed by atoms with E-state index < -0.39 is 0 Å². The molecule has 3 heteroatoms. The molecule has 26 heavy (non-hydrogen) atoms. The standard InChI is InChI=1S/C23H24N2O/c1-16(14-18-6-4-3-5-7-18)15-22(26)20-10-8-19(9-11-20)21-12-13-23(24)25-17(21)2/h3-13,16H,14-15H2,1-2H3,(H2,24,25). The van der Waals surface area contributed by atoms with Gasteiger partial charge in [-0.05, 0) is 42.5 Å². The summed E-state index contributed by atoms with van der Waals surface area (Å²) in [6.45, 7) is 4.07. The number of benzene rings is 2. The van der Waals surface area contributed by atoms with Gasteiger partial charge in [-0.3, -0.25) is 4.79 Å². The number of rotatable bonds is 6. The van der Waals surface area contributed by atoms with Crippen molar-refractivity contribution in [3.63, 3.8) is 0 Å².